The van der Waals surface area contributed by atoms with Crippen molar-refractivity contribution in [2.45, 2.75) is 37.5 Å². The van der Waals surface area contributed by atoms with E-state index in [-0.39, 0.29) is 11.9 Å². The maximum Gasteiger partial charge on any atom is 0.253 e. The van der Waals surface area contributed by atoms with Crippen molar-refractivity contribution in [3.8, 4) is 0 Å². The first-order valence-corrected chi connectivity index (χ1v) is 8.29. The van der Waals surface area contributed by atoms with Crippen LogP contribution in [0, 0.1) is 0 Å². The summed E-state index contributed by atoms with van der Waals surface area (Å²) >= 11 is 9.49. The van der Waals surface area contributed by atoms with Gasteiger partial charge in [-0.2, -0.15) is 0 Å². The molecule has 2 fully saturated rings. The lowest BCUT2D eigenvalue weighted by Gasteiger charge is -2.35. The van der Waals surface area contributed by atoms with E-state index in [0.29, 0.717) is 23.8 Å². The van der Waals surface area contributed by atoms with E-state index in [1.54, 1.807) is 12.1 Å². The zero-order chi connectivity index (χ0) is 14.9. The SMILES string of the molecule is O=C(NC1CCC2(CC1)OCCO2)c1cccc(Br)c1Cl. The van der Waals surface area contributed by atoms with Gasteiger partial charge < -0.3 is 14.8 Å². The van der Waals surface area contributed by atoms with Crippen molar-refractivity contribution >= 4 is 33.4 Å². The molecule has 0 aromatic heterocycles. The summed E-state index contributed by atoms with van der Waals surface area (Å²) in [4.78, 5) is 12.3. The lowest BCUT2D eigenvalue weighted by atomic mass is 9.90. The van der Waals surface area contributed by atoms with E-state index in [9.17, 15) is 4.79 Å². The van der Waals surface area contributed by atoms with Gasteiger partial charge >= 0.3 is 0 Å². The van der Waals surface area contributed by atoms with E-state index >= 15 is 0 Å². The molecule has 1 saturated carbocycles. The van der Waals surface area contributed by atoms with E-state index in [0.717, 1.165) is 30.2 Å². The van der Waals surface area contributed by atoms with Crippen molar-refractivity contribution in [3.05, 3.63) is 33.3 Å². The Morgan fingerprint density at radius 3 is 2.62 bits per heavy atom. The third kappa shape index (κ3) is 3.26. The molecule has 1 aliphatic carbocycles. The van der Waals surface area contributed by atoms with Crippen molar-refractivity contribution < 1.29 is 14.3 Å². The number of carbonyl (C=O) groups is 1. The lowest BCUT2D eigenvalue weighted by molar-refractivity contribution is -0.179. The highest BCUT2D eigenvalue weighted by atomic mass is 79.9. The van der Waals surface area contributed by atoms with Crippen LogP contribution in [0.2, 0.25) is 5.02 Å². The van der Waals surface area contributed by atoms with Crippen LogP contribution < -0.4 is 5.32 Å². The highest BCUT2D eigenvalue weighted by molar-refractivity contribution is 9.10. The van der Waals surface area contributed by atoms with Gasteiger partial charge in [-0.05, 0) is 40.9 Å². The minimum atomic E-state index is -0.394. The quantitative estimate of drug-likeness (QED) is 0.861. The summed E-state index contributed by atoms with van der Waals surface area (Å²) in [5.41, 5.74) is 0.500. The third-order valence-corrected chi connectivity index (χ3v) is 5.39. The van der Waals surface area contributed by atoms with Gasteiger partial charge in [0, 0.05) is 23.4 Å². The van der Waals surface area contributed by atoms with Gasteiger partial charge in [0.05, 0.1) is 23.8 Å². The maximum absolute atomic E-state index is 12.3. The van der Waals surface area contributed by atoms with Gasteiger partial charge in [-0.1, -0.05) is 17.7 Å². The molecule has 114 valence electrons. The fourth-order valence-electron chi connectivity index (χ4n) is 2.93. The van der Waals surface area contributed by atoms with Crippen LogP contribution in [0.4, 0.5) is 0 Å². The Morgan fingerprint density at radius 1 is 1.29 bits per heavy atom. The summed E-state index contributed by atoms with van der Waals surface area (Å²) < 4.78 is 12.1. The zero-order valence-electron chi connectivity index (χ0n) is 11.5. The van der Waals surface area contributed by atoms with Crippen LogP contribution in [0.15, 0.2) is 22.7 Å². The Morgan fingerprint density at radius 2 is 1.95 bits per heavy atom. The summed E-state index contributed by atoms with van der Waals surface area (Å²) in [5, 5.41) is 3.50. The van der Waals surface area contributed by atoms with Crippen LogP contribution >= 0.6 is 27.5 Å². The molecule has 4 nitrogen and oxygen atoms in total. The molecule has 1 amide bonds. The zero-order valence-corrected chi connectivity index (χ0v) is 13.9. The first kappa shape index (κ1) is 15.3. The molecule has 3 rings (SSSR count). The van der Waals surface area contributed by atoms with Crippen LogP contribution in [0.3, 0.4) is 0 Å². The summed E-state index contributed by atoms with van der Waals surface area (Å²) in [6.07, 6.45) is 3.36. The van der Waals surface area contributed by atoms with Crippen LogP contribution in [0.5, 0.6) is 0 Å². The second kappa shape index (κ2) is 6.24. The molecule has 0 unspecified atom stereocenters. The van der Waals surface area contributed by atoms with Crippen molar-refractivity contribution in [3.63, 3.8) is 0 Å². The molecule has 0 radical (unpaired) electrons. The molecule has 1 spiro atoms. The average Bonchev–Trinajstić information content (AvgIpc) is 2.93. The molecule has 6 heteroatoms. The van der Waals surface area contributed by atoms with Gasteiger partial charge in [0.15, 0.2) is 5.79 Å². The molecule has 2 aliphatic rings. The lowest BCUT2D eigenvalue weighted by Crippen LogP contribution is -2.44. The largest absolute Gasteiger partial charge is 0.349 e. The molecule has 1 aromatic carbocycles. The summed E-state index contributed by atoms with van der Waals surface area (Å²) in [7, 11) is 0. The summed E-state index contributed by atoms with van der Waals surface area (Å²) in [6.45, 7) is 1.34. The van der Waals surface area contributed by atoms with Crippen molar-refractivity contribution in [1.82, 2.24) is 5.32 Å². The van der Waals surface area contributed by atoms with Crippen molar-refractivity contribution in [2.24, 2.45) is 0 Å². The van der Waals surface area contributed by atoms with Gasteiger partial charge in [0.25, 0.3) is 5.91 Å². The monoisotopic (exact) mass is 373 g/mol. The predicted molar refractivity (Wildman–Crippen MR) is 83.5 cm³/mol. The van der Waals surface area contributed by atoms with Crippen molar-refractivity contribution in [1.29, 1.82) is 0 Å². The van der Waals surface area contributed by atoms with E-state index < -0.39 is 5.79 Å². The second-order valence-electron chi connectivity index (χ2n) is 5.46. The number of nitrogens with one attached hydrogen (secondary N) is 1. The highest BCUT2D eigenvalue weighted by Crippen LogP contribution is 2.36. The average molecular weight is 375 g/mol. The van der Waals surface area contributed by atoms with E-state index in [2.05, 4.69) is 21.2 Å². The molecular weight excluding hydrogens is 358 g/mol. The third-order valence-electron chi connectivity index (χ3n) is 4.09. The van der Waals surface area contributed by atoms with E-state index in [4.69, 9.17) is 21.1 Å². The number of halogens is 2. The molecule has 1 aliphatic heterocycles. The fraction of sp³-hybridized carbons (Fsp3) is 0.533. The minimum absolute atomic E-state index is 0.129. The first-order valence-electron chi connectivity index (χ1n) is 7.12. The Hall–Kier alpha value is -0.620. The Bertz CT molecular complexity index is 536. The Kier molecular flexibility index (Phi) is 4.54. The van der Waals surface area contributed by atoms with Gasteiger partial charge in [-0.15, -0.1) is 0 Å². The van der Waals surface area contributed by atoms with E-state index in [1.807, 2.05) is 6.07 Å². The normalized spacial score (nSPS) is 21.6. The minimum Gasteiger partial charge on any atom is -0.349 e. The highest BCUT2D eigenvalue weighted by Gasteiger charge is 2.40. The summed E-state index contributed by atoms with van der Waals surface area (Å²) in [5.74, 6) is -0.523. The smallest absolute Gasteiger partial charge is 0.253 e. The standard InChI is InChI=1S/C15H17BrClNO3/c16-12-3-1-2-11(13(12)17)14(19)18-10-4-6-15(7-5-10)20-8-9-21-15/h1-3,10H,4-9H2,(H,18,19). The number of benzene rings is 1. The molecule has 1 aromatic rings. The van der Waals surface area contributed by atoms with Crippen LogP contribution in [-0.2, 0) is 9.47 Å². The van der Waals surface area contributed by atoms with Crippen molar-refractivity contribution in [2.75, 3.05) is 13.2 Å². The van der Waals surface area contributed by atoms with Crippen LogP contribution in [-0.4, -0.2) is 30.9 Å². The second-order valence-corrected chi connectivity index (χ2v) is 6.69. The van der Waals surface area contributed by atoms with Crippen LogP contribution in [0.25, 0.3) is 0 Å². The molecule has 1 N–H and O–H groups in total. The number of carbonyl (C=O) groups excluding carboxylic acids is 1. The number of hydrogen-bond donors (Lipinski definition) is 1. The molecular formula is C15H17BrClNO3. The first-order chi connectivity index (χ1) is 10.1. The molecule has 1 saturated heterocycles. The number of amides is 1. The predicted octanol–water partition coefficient (Wildman–Crippen LogP) is 3.52. The van der Waals surface area contributed by atoms with Gasteiger partial charge in [0.1, 0.15) is 0 Å². The molecule has 0 bridgehead atoms. The number of rotatable bonds is 2. The van der Waals surface area contributed by atoms with Crippen LogP contribution in [0.1, 0.15) is 36.0 Å². The number of ether oxygens (including phenoxy) is 2. The maximum atomic E-state index is 12.3. The molecule has 21 heavy (non-hydrogen) atoms. The molecule has 0 atom stereocenters. The Labute approximate surface area is 137 Å². The number of hydrogen-bond acceptors (Lipinski definition) is 3. The molecule has 1 heterocycles. The van der Waals surface area contributed by atoms with Gasteiger partial charge in [-0.3, -0.25) is 4.79 Å². The van der Waals surface area contributed by atoms with Gasteiger partial charge in [0.2, 0.25) is 0 Å². The topological polar surface area (TPSA) is 47.6 Å². The van der Waals surface area contributed by atoms with Gasteiger partial charge in [-0.25, -0.2) is 0 Å². The van der Waals surface area contributed by atoms with E-state index in [1.165, 1.54) is 0 Å². The fourth-order valence-corrected chi connectivity index (χ4v) is 3.51. The Balaban J connectivity index is 1.60. The summed E-state index contributed by atoms with van der Waals surface area (Å²) in [6, 6.07) is 5.50.